The van der Waals surface area contributed by atoms with Gasteiger partial charge in [0.1, 0.15) is 6.61 Å². The predicted molar refractivity (Wildman–Crippen MR) is 94.7 cm³/mol. The van der Waals surface area contributed by atoms with Gasteiger partial charge in [-0.05, 0) is 24.8 Å². The molecule has 3 rings (SSSR count). The number of methoxy groups -OCH3 is 1. The second-order valence-corrected chi connectivity index (χ2v) is 6.38. The number of likely N-dealkylation sites (tertiary alicyclic amines) is 1. The van der Waals surface area contributed by atoms with Gasteiger partial charge in [0.2, 0.25) is 5.91 Å². The summed E-state index contributed by atoms with van der Waals surface area (Å²) in [5.74, 6) is -0.670. The number of carboxylic acid groups (broad SMARTS) is 1. The molecule has 1 amide bonds. The Hall–Kier alpha value is -2.80. The summed E-state index contributed by atoms with van der Waals surface area (Å²) in [6, 6.07) is 6.76. The first kappa shape index (κ1) is 18.0. The van der Waals surface area contributed by atoms with Crippen molar-refractivity contribution in [2.75, 3.05) is 26.8 Å². The highest BCUT2D eigenvalue weighted by Gasteiger charge is 2.26. The molecule has 136 valence electrons. The Bertz CT molecular complexity index is 809. The van der Waals surface area contributed by atoms with Gasteiger partial charge in [0.25, 0.3) is 0 Å². The molecule has 7 heteroatoms. The van der Waals surface area contributed by atoms with Crippen molar-refractivity contribution in [2.24, 2.45) is 5.92 Å². The van der Waals surface area contributed by atoms with E-state index in [-0.39, 0.29) is 18.1 Å². The molecule has 1 aliphatic rings. The van der Waals surface area contributed by atoms with Crippen molar-refractivity contribution in [3.63, 3.8) is 0 Å². The number of aromatic nitrogens is 2. The van der Waals surface area contributed by atoms with Crippen LogP contribution in [-0.2, 0) is 16.0 Å². The molecule has 2 heterocycles. The van der Waals surface area contributed by atoms with E-state index in [0.717, 1.165) is 18.7 Å². The van der Waals surface area contributed by atoms with Crippen molar-refractivity contribution >= 4 is 11.9 Å². The van der Waals surface area contributed by atoms with E-state index < -0.39 is 5.97 Å². The normalized spacial score (nSPS) is 16.7. The van der Waals surface area contributed by atoms with Gasteiger partial charge in [0.05, 0.1) is 23.1 Å². The lowest BCUT2D eigenvalue weighted by molar-refractivity contribution is -0.134. The molecule has 0 radical (unpaired) electrons. The second kappa shape index (κ2) is 8.05. The van der Waals surface area contributed by atoms with Crippen LogP contribution in [0.25, 0.3) is 11.3 Å². The van der Waals surface area contributed by atoms with Crippen molar-refractivity contribution in [2.45, 2.75) is 12.8 Å². The van der Waals surface area contributed by atoms with Crippen LogP contribution in [0.4, 0.5) is 0 Å². The number of carboxylic acids is 1. The Balaban J connectivity index is 1.73. The maximum absolute atomic E-state index is 11.9. The quantitative estimate of drug-likeness (QED) is 0.850. The van der Waals surface area contributed by atoms with E-state index in [1.54, 1.807) is 36.7 Å². The van der Waals surface area contributed by atoms with Crippen molar-refractivity contribution in [1.82, 2.24) is 14.9 Å². The molecule has 0 aliphatic carbocycles. The Morgan fingerprint density at radius 1 is 1.31 bits per heavy atom. The summed E-state index contributed by atoms with van der Waals surface area (Å²) in [4.78, 5) is 34.0. The second-order valence-electron chi connectivity index (χ2n) is 6.38. The number of aromatic carboxylic acids is 1. The van der Waals surface area contributed by atoms with Crippen LogP contribution in [0.5, 0.6) is 0 Å². The van der Waals surface area contributed by atoms with E-state index in [9.17, 15) is 14.7 Å². The SMILES string of the molecule is COCC(=O)N1CC[C@H](Cc2cncc(-c3ccccc3C(=O)O)n2)C1. The van der Waals surface area contributed by atoms with Crippen LogP contribution in [0.2, 0.25) is 0 Å². The smallest absolute Gasteiger partial charge is 0.336 e. The molecule has 1 saturated heterocycles. The van der Waals surface area contributed by atoms with E-state index in [1.807, 2.05) is 4.90 Å². The average Bonchev–Trinajstić information content (AvgIpc) is 3.11. The van der Waals surface area contributed by atoms with Crippen LogP contribution in [-0.4, -0.2) is 58.7 Å². The van der Waals surface area contributed by atoms with Gasteiger partial charge in [0, 0.05) is 32.0 Å². The number of hydrogen-bond acceptors (Lipinski definition) is 5. The summed E-state index contributed by atoms with van der Waals surface area (Å²) in [6.45, 7) is 1.51. The van der Waals surface area contributed by atoms with Crippen LogP contribution in [0, 0.1) is 5.92 Å². The highest BCUT2D eigenvalue weighted by molar-refractivity contribution is 5.95. The predicted octanol–water partition coefficient (Wildman–Crippen LogP) is 1.88. The maximum Gasteiger partial charge on any atom is 0.336 e. The van der Waals surface area contributed by atoms with Crippen LogP contribution < -0.4 is 0 Å². The number of benzene rings is 1. The summed E-state index contributed by atoms with van der Waals surface area (Å²) in [5.41, 5.74) is 2.10. The first-order valence-electron chi connectivity index (χ1n) is 8.49. The Morgan fingerprint density at radius 3 is 2.88 bits per heavy atom. The number of hydrogen-bond donors (Lipinski definition) is 1. The average molecular weight is 355 g/mol. The highest BCUT2D eigenvalue weighted by Crippen LogP contribution is 2.24. The van der Waals surface area contributed by atoms with Gasteiger partial charge in [0.15, 0.2) is 0 Å². The van der Waals surface area contributed by atoms with E-state index in [4.69, 9.17) is 4.74 Å². The van der Waals surface area contributed by atoms with Crippen molar-refractivity contribution in [1.29, 1.82) is 0 Å². The molecule has 1 fully saturated rings. The topological polar surface area (TPSA) is 92.6 Å². The monoisotopic (exact) mass is 355 g/mol. The van der Waals surface area contributed by atoms with E-state index >= 15 is 0 Å². The Morgan fingerprint density at radius 2 is 2.12 bits per heavy atom. The van der Waals surface area contributed by atoms with E-state index in [2.05, 4.69) is 9.97 Å². The van der Waals surface area contributed by atoms with Gasteiger partial charge in [-0.15, -0.1) is 0 Å². The minimum atomic E-state index is -0.990. The standard InChI is InChI=1S/C19H21N3O4/c1-26-12-18(23)22-7-6-13(11-22)8-14-9-20-10-17(21-14)15-4-2-3-5-16(15)19(24)25/h2-5,9-10,13H,6-8,11-12H2,1H3,(H,24,25)/t13-/m1/s1. The van der Waals surface area contributed by atoms with Crippen molar-refractivity contribution in [3.8, 4) is 11.3 Å². The van der Waals surface area contributed by atoms with Crippen molar-refractivity contribution in [3.05, 3.63) is 47.9 Å². The first-order valence-corrected chi connectivity index (χ1v) is 8.49. The third-order valence-corrected chi connectivity index (χ3v) is 4.52. The highest BCUT2D eigenvalue weighted by atomic mass is 16.5. The molecule has 1 aromatic carbocycles. The molecule has 1 aromatic heterocycles. The van der Waals surface area contributed by atoms with Gasteiger partial charge in [-0.25, -0.2) is 9.78 Å². The lowest BCUT2D eigenvalue weighted by Gasteiger charge is -2.16. The van der Waals surface area contributed by atoms with Gasteiger partial charge in [-0.1, -0.05) is 18.2 Å². The number of amides is 1. The fourth-order valence-electron chi connectivity index (χ4n) is 3.26. The van der Waals surface area contributed by atoms with Crippen LogP contribution >= 0.6 is 0 Å². The number of rotatable bonds is 6. The number of ether oxygens (including phenoxy) is 1. The minimum Gasteiger partial charge on any atom is -0.478 e. The summed E-state index contributed by atoms with van der Waals surface area (Å²) in [7, 11) is 1.52. The number of carbonyl (C=O) groups is 2. The largest absolute Gasteiger partial charge is 0.478 e. The fourth-order valence-corrected chi connectivity index (χ4v) is 3.26. The maximum atomic E-state index is 11.9. The zero-order valence-electron chi connectivity index (χ0n) is 14.6. The molecule has 1 aliphatic heterocycles. The Kier molecular flexibility index (Phi) is 5.58. The van der Waals surface area contributed by atoms with Gasteiger partial charge in [-0.3, -0.25) is 9.78 Å². The lowest BCUT2D eigenvalue weighted by atomic mass is 10.0. The third kappa shape index (κ3) is 4.05. The van der Waals surface area contributed by atoms with E-state index in [0.29, 0.717) is 30.1 Å². The zero-order valence-corrected chi connectivity index (χ0v) is 14.6. The summed E-state index contributed by atoms with van der Waals surface area (Å²) < 4.78 is 4.90. The minimum absolute atomic E-state index is 0.00483. The van der Waals surface area contributed by atoms with Crippen LogP contribution in [0.15, 0.2) is 36.7 Å². The molecule has 0 saturated carbocycles. The zero-order chi connectivity index (χ0) is 18.5. The van der Waals surface area contributed by atoms with Crippen molar-refractivity contribution < 1.29 is 19.4 Å². The van der Waals surface area contributed by atoms with Crippen LogP contribution in [0.1, 0.15) is 22.5 Å². The van der Waals surface area contributed by atoms with Gasteiger partial charge in [-0.2, -0.15) is 0 Å². The lowest BCUT2D eigenvalue weighted by Crippen LogP contribution is -2.31. The number of nitrogens with zero attached hydrogens (tertiary/aromatic N) is 3. The summed E-state index contributed by atoms with van der Waals surface area (Å²) >= 11 is 0. The summed E-state index contributed by atoms with van der Waals surface area (Å²) in [5, 5.41) is 9.36. The molecule has 0 unspecified atom stereocenters. The fraction of sp³-hybridized carbons (Fsp3) is 0.368. The Labute approximate surface area is 151 Å². The van der Waals surface area contributed by atoms with Gasteiger partial charge >= 0.3 is 5.97 Å². The van der Waals surface area contributed by atoms with Gasteiger partial charge < -0.3 is 14.7 Å². The molecule has 26 heavy (non-hydrogen) atoms. The first-order chi connectivity index (χ1) is 12.6. The number of carbonyl (C=O) groups excluding carboxylic acids is 1. The molecule has 0 spiro atoms. The molecule has 7 nitrogen and oxygen atoms in total. The molecule has 2 aromatic rings. The van der Waals surface area contributed by atoms with Crippen LogP contribution in [0.3, 0.4) is 0 Å². The molecule has 1 N–H and O–H groups in total. The third-order valence-electron chi connectivity index (χ3n) is 4.52. The van der Waals surface area contributed by atoms with E-state index in [1.165, 1.54) is 7.11 Å². The molecular formula is C19H21N3O4. The molecule has 0 bridgehead atoms. The summed E-state index contributed by atoms with van der Waals surface area (Å²) in [6.07, 6.45) is 4.89. The molecular weight excluding hydrogens is 334 g/mol. The molecule has 1 atom stereocenters.